The standard InChI is InChI=1S/C7H11FN2O2S/c1-4(11)5-6(12)10(3-2-8)7(13)9-5/h4-5,11H,2-3H2,1H3,(H,9,13)/t4-,5-/m0/s1. The van der Waals surface area contributed by atoms with Gasteiger partial charge in [0, 0.05) is 0 Å². The average molecular weight is 206 g/mol. The summed E-state index contributed by atoms with van der Waals surface area (Å²) in [5.74, 6) is -0.363. The molecule has 1 heterocycles. The van der Waals surface area contributed by atoms with Crippen LogP contribution in [0, 0.1) is 0 Å². The van der Waals surface area contributed by atoms with E-state index in [1.807, 2.05) is 0 Å². The molecule has 2 N–H and O–H groups in total. The molecule has 0 saturated carbocycles. The Morgan fingerprint density at radius 2 is 2.46 bits per heavy atom. The zero-order chi connectivity index (χ0) is 10.0. The van der Waals surface area contributed by atoms with E-state index in [1.54, 1.807) is 0 Å². The van der Waals surface area contributed by atoms with Crippen molar-refractivity contribution < 1.29 is 14.3 Å². The lowest BCUT2D eigenvalue weighted by atomic mass is 10.2. The highest BCUT2D eigenvalue weighted by atomic mass is 32.1. The number of aliphatic hydroxyl groups excluding tert-OH is 1. The molecule has 1 fully saturated rings. The summed E-state index contributed by atoms with van der Waals surface area (Å²) >= 11 is 4.80. The summed E-state index contributed by atoms with van der Waals surface area (Å²) in [5, 5.41) is 12.0. The number of nitrogens with one attached hydrogen (secondary N) is 1. The molecule has 0 bridgehead atoms. The SMILES string of the molecule is C[C@H](O)[C@@H]1NC(=S)N(CCF)C1=O. The highest BCUT2D eigenvalue weighted by molar-refractivity contribution is 7.80. The minimum atomic E-state index is -0.824. The van der Waals surface area contributed by atoms with Crippen molar-refractivity contribution in [3.05, 3.63) is 0 Å². The van der Waals surface area contributed by atoms with Gasteiger partial charge in [0.1, 0.15) is 12.7 Å². The Morgan fingerprint density at radius 3 is 2.85 bits per heavy atom. The van der Waals surface area contributed by atoms with E-state index in [2.05, 4.69) is 5.32 Å². The minimum absolute atomic E-state index is 0.0477. The van der Waals surface area contributed by atoms with Crippen molar-refractivity contribution in [1.29, 1.82) is 0 Å². The number of amides is 1. The first-order valence-electron chi connectivity index (χ1n) is 3.94. The third kappa shape index (κ3) is 1.94. The van der Waals surface area contributed by atoms with Gasteiger partial charge in [-0.05, 0) is 19.1 Å². The zero-order valence-electron chi connectivity index (χ0n) is 7.16. The molecule has 1 rings (SSSR count). The number of aliphatic hydroxyl groups is 1. The molecule has 13 heavy (non-hydrogen) atoms. The van der Waals surface area contributed by atoms with Crippen molar-refractivity contribution in [3.8, 4) is 0 Å². The summed E-state index contributed by atoms with van der Waals surface area (Å²) in [6, 6.07) is -0.723. The van der Waals surface area contributed by atoms with Crippen LogP contribution in [-0.4, -0.2) is 46.4 Å². The van der Waals surface area contributed by atoms with Crippen LogP contribution in [0.25, 0.3) is 0 Å². The molecule has 6 heteroatoms. The van der Waals surface area contributed by atoms with Crippen molar-refractivity contribution in [2.45, 2.75) is 19.1 Å². The van der Waals surface area contributed by atoms with Crippen LogP contribution >= 0.6 is 12.2 Å². The molecule has 74 valence electrons. The second-order valence-corrected chi connectivity index (χ2v) is 3.23. The quantitative estimate of drug-likeness (QED) is 0.607. The van der Waals surface area contributed by atoms with Crippen LogP contribution in [0.5, 0.6) is 0 Å². The van der Waals surface area contributed by atoms with Gasteiger partial charge in [0.15, 0.2) is 5.11 Å². The Bertz CT molecular complexity index is 235. The van der Waals surface area contributed by atoms with E-state index >= 15 is 0 Å². The van der Waals surface area contributed by atoms with Gasteiger partial charge in [-0.15, -0.1) is 0 Å². The molecule has 0 aromatic rings. The molecule has 0 radical (unpaired) electrons. The second-order valence-electron chi connectivity index (χ2n) is 2.85. The zero-order valence-corrected chi connectivity index (χ0v) is 7.97. The average Bonchev–Trinajstić information content (AvgIpc) is 2.32. The van der Waals surface area contributed by atoms with Gasteiger partial charge in [-0.1, -0.05) is 0 Å². The van der Waals surface area contributed by atoms with Crippen molar-refractivity contribution in [3.63, 3.8) is 0 Å². The maximum Gasteiger partial charge on any atom is 0.254 e. The Balaban J connectivity index is 2.69. The Morgan fingerprint density at radius 1 is 1.85 bits per heavy atom. The van der Waals surface area contributed by atoms with Crippen LogP contribution in [0.3, 0.4) is 0 Å². The highest BCUT2D eigenvalue weighted by Gasteiger charge is 2.37. The summed E-state index contributed by atoms with van der Waals surface area (Å²) in [6.45, 7) is 0.797. The Labute approximate surface area is 80.7 Å². The number of thiocarbonyl (C=S) groups is 1. The van der Waals surface area contributed by atoms with E-state index in [9.17, 15) is 9.18 Å². The first-order valence-corrected chi connectivity index (χ1v) is 4.34. The highest BCUT2D eigenvalue weighted by Crippen LogP contribution is 2.09. The van der Waals surface area contributed by atoms with Crippen LogP contribution < -0.4 is 5.32 Å². The van der Waals surface area contributed by atoms with Crippen molar-refractivity contribution >= 4 is 23.2 Å². The van der Waals surface area contributed by atoms with Crippen LogP contribution in [0.4, 0.5) is 4.39 Å². The smallest absolute Gasteiger partial charge is 0.254 e. The normalized spacial score (nSPS) is 24.8. The Hall–Kier alpha value is -0.750. The minimum Gasteiger partial charge on any atom is -0.391 e. The summed E-state index contributed by atoms with van der Waals surface area (Å²) < 4.78 is 12.0. The van der Waals surface area contributed by atoms with Gasteiger partial charge in [-0.25, -0.2) is 4.39 Å². The summed E-state index contributed by atoms with van der Waals surface area (Å²) in [4.78, 5) is 12.5. The summed E-state index contributed by atoms with van der Waals surface area (Å²) in [7, 11) is 0. The van der Waals surface area contributed by atoms with Gasteiger partial charge in [0.25, 0.3) is 5.91 Å². The lowest BCUT2D eigenvalue weighted by Crippen LogP contribution is -2.39. The molecule has 4 nitrogen and oxygen atoms in total. The Kier molecular flexibility index (Phi) is 3.16. The van der Waals surface area contributed by atoms with E-state index in [0.29, 0.717) is 0 Å². The number of carbonyl (C=O) groups is 1. The number of hydrogen-bond donors (Lipinski definition) is 2. The molecule has 0 aromatic heterocycles. The summed E-state index contributed by atoms with van der Waals surface area (Å²) in [5.41, 5.74) is 0. The van der Waals surface area contributed by atoms with Gasteiger partial charge in [-0.2, -0.15) is 0 Å². The van der Waals surface area contributed by atoms with Gasteiger partial charge >= 0.3 is 0 Å². The molecule has 1 aliphatic rings. The molecular formula is C7H11FN2O2S. The number of carbonyl (C=O) groups excluding carboxylic acids is 1. The molecule has 1 amide bonds. The fourth-order valence-electron chi connectivity index (χ4n) is 1.16. The predicted molar refractivity (Wildman–Crippen MR) is 48.9 cm³/mol. The third-order valence-corrected chi connectivity index (χ3v) is 2.18. The van der Waals surface area contributed by atoms with Gasteiger partial charge in [0.05, 0.1) is 12.6 Å². The van der Waals surface area contributed by atoms with E-state index in [1.165, 1.54) is 6.92 Å². The maximum absolute atomic E-state index is 12.0. The van der Waals surface area contributed by atoms with Gasteiger partial charge in [0.2, 0.25) is 0 Å². The van der Waals surface area contributed by atoms with E-state index in [4.69, 9.17) is 17.3 Å². The van der Waals surface area contributed by atoms with E-state index in [0.717, 1.165) is 4.90 Å². The third-order valence-electron chi connectivity index (χ3n) is 1.85. The van der Waals surface area contributed by atoms with Crippen molar-refractivity contribution in [2.24, 2.45) is 0 Å². The molecular weight excluding hydrogens is 195 g/mol. The molecule has 2 atom stereocenters. The van der Waals surface area contributed by atoms with Gasteiger partial charge in [-0.3, -0.25) is 9.69 Å². The lowest BCUT2D eigenvalue weighted by molar-refractivity contribution is -0.129. The fraction of sp³-hybridized carbons (Fsp3) is 0.714. The van der Waals surface area contributed by atoms with Crippen molar-refractivity contribution in [1.82, 2.24) is 10.2 Å². The maximum atomic E-state index is 12.0. The summed E-state index contributed by atoms with van der Waals surface area (Å²) in [6.07, 6.45) is -0.824. The monoisotopic (exact) mass is 206 g/mol. The molecule has 0 aliphatic carbocycles. The predicted octanol–water partition coefficient (Wildman–Crippen LogP) is -0.578. The van der Waals surface area contributed by atoms with Crippen molar-refractivity contribution in [2.75, 3.05) is 13.2 Å². The number of rotatable bonds is 3. The molecule has 0 aromatic carbocycles. The first kappa shape index (κ1) is 10.3. The van der Waals surface area contributed by atoms with Crippen LogP contribution in [0.15, 0.2) is 0 Å². The van der Waals surface area contributed by atoms with Crippen LogP contribution in [-0.2, 0) is 4.79 Å². The molecule has 0 spiro atoms. The molecule has 0 unspecified atom stereocenters. The number of hydrogen-bond acceptors (Lipinski definition) is 3. The van der Waals surface area contributed by atoms with E-state index < -0.39 is 18.8 Å². The fourth-order valence-corrected chi connectivity index (χ4v) is 1.47. The first-order chi connectivity index (χ1) is 6.07. The topological polar surface area (TPSA) is 52.6 Å². The number of nitrogens with zero attached hydrogens (tertiary/aromatic N) is 1. The van der Waals surface area contributed by atoms with Gasteiger partial charge < -0.3 is 10.4 Å². The number of halogens is 1. The van der Waals surface area contributed by atoms with Crippen LogP contribution in [0.2, 0.25) is 0 Å². The molecule has 1 aliphatic heterocycles. The van der Waals surface area contributed by atoms with Crippen LogP contribution in [0.1, 0.15) is 6.92 Å². The lowest BCUT2D eigenvalue weighted by Gasteiger charge is -2.12. The molecule has 1 saturated heterocycles. The number of alkyl halides is 1. The second kappa shape index (κ2) is 3.97. The largest absolute Gasteiger partial charge is 0.391 e. The van der Waals surface area contributed by atoms with E-state index in [-0.39, 0.29) is 17.6 Å².